The van der Waals surface area contributed by atoms with Crippen LogP contribution in [-0.2, 0) is 14.0 Å². The first kappa shape index (κ1) is 20.2. The molecule has 23 heavy (non-hydrogen) atoms. The number of ketones is 1. The molecule has 1 fully saturated rings. The van der Waals surface area contributed by atoms with Crippen LogP contribution in [-0.4, -0.2) is 49.4 Å². The third kappa shape index (κ3) is 5.31. The van der Waals surface area contributed by atoms with E-state index >= 15 is 0 Å². The van der Waals surface area contributed by atoms with Crippen LogP contribution in [0.1, 0.15) is 54.9 Å². The number of hydrogen-bond donors (Lipinski definition) is 0. The van der Waals surface area contributed by atoms with Gasteiger partial charge in [0.1, 0.15) is 5.60 Å². The molecule has 0 aliphatic carbocycles. The maximum absolute atomic E-state index is 12.4. The van der Waals surface area contributed by atoms with Crippen molar-refractivity contribution in [2.75, 3.05) is 6.54 Å². The maximum Gasteiger partial charge on any atom is 0.410 e. The van der Waals surface area contributed by atoms with Crippen molar-refractivity contribution >= 4 is 20.2 Å². The van der Waals surface area contributed by atoms with Crippen molar-refractivity contribution in [2.45, 2.75) is 90.8 Å². The van der Waals surface area contributed by atoms with Gasteiger partial charge in [-0.05, 0) is 45.8 Å². The van der Waals surface area contributed by atoms with Gasteiger partial charge in [-0.2, -0.15) is 0 Å². The monoisotopic (exact) mass is 343 g/mol. The Morgan fingerprint density at radius 2 is 1.61 bits per heavy atom. The number of amides is 1. The highest BCUT2D eigenvalue weighted by Gasteiger charge is 2.45. The van der Waals surface area contributed by atoms with E-state index in [-0.39, 0.29) is 16.9 Å². The summed E-state index contributed by atoms with van der Waals surface area (Å²) in [6.45, 7) is 18.3. The summed E-state index contributed by atoms with van der Waals surface area (Å²) in [4.78, 5) is 25.9. The molecule has 6 heteroatoms. The first-order chi connectivity index (χ1) is 10.1. The van der Waals surface area contributed by atoms with Crippen LogP contribution in [0.5, 0.6) is 0 Å². The molecule has 0 bridgehead atoms. The zero-order chi connectivity index (χ0) is 18.2. The van der Waals surface area contributed by atoms with Gasteiger partial charge in [-0.3, -0.25) is 9.69 Å². The zero-order valence-electron chi connectivity index (χ0n) is 16.1. The lowest BCUT2D eigenvalue weighted by molar-refractivity contribution is -0.121. The van der Waals surface area contributed by atoms with Crippen molar-refractivity contribution in [2.24, 2.45) is 0 Å². The van der Waals surface area contributed by atoms with Gasteiger partial charge in [-0.25, -0.2) is 4.79 Å². The number of Topliss-reactive ketones (excluding diaryl/α,β-unsaturated/α-hetero) is 1. The van der Waals surface area contributed by atoms with Crippen LogP contribution in [0.15, 0.2) is 0 Å². The number of hydrogen-bond acceptors (Lipinski definition) is 4. The Morgan fingerprint density at radius 1 is 1.09 bits per heavy atom. The molecule has 1 rings (SSSR count). The Morgan fingerprint density at radius 3 is 2.00 bits per heavy atom. The lowest BCUT2D eigenvalue weighted by atomic mass is 10.1. The van der Waals surface area contributed by atoms with Gasteiger partial charge in [0.05, 0.1) is 12.1 Å². The molecule has 0 saturated carbocycles. The van der Waals surface area contributed by atoms with Crippen LogP contribution in [0.3, 0.4) is 0 Å². The Labute approximate surface area is 141 Å². The minimum Gasteiger partial charge on any atom is -0.444 e. The third-order valence-corrected chi connectivity index (χ3v) is 9.16. The molecule has 0 radical (unpaired) electrons. The second kappa shape index (κ2) is 6.55. The van der Waals surface area contributed by atoms with Crippen molar-refractivity contribution in [3.63, 3.8) is 0 Å². The minimum atomic E-state index is -1.94. The number of carbonyl (C=O) groups excluding carboxylic acids is 2. The van der Waals surface area contributed by atoms with Gasteiger partial charge < -0.3 is 9.16 Å². The fraction of sp³-hybridized carbons (Fsp3) is 0.882. The molecule has 1 saturated heterocycles. The summed E-state index contributed by atoms with van der Waals surface area (Å²) >= 11 is 0. The van der Waals surface area contributed by atoms with Gasteiger partial charge in [0, 0.05) is 13.0 Å². The smallest absolute Gasteiger partial charge is 0.410 e. The van der Waals surface area contributed by atoms with Crippen LogP contribution in [0.4, 0.5) is 4.79 Å². The van der Waals surface area contributed by atoms with Gasteiger partial charge in [-0.1, -0.05) is 20.8 Å². The fourth-order valence-corrected chi connectivity index (χ4v) is 3.74. The van der Waals surface area contributed by atoms with Gasteiger partial charge >= 0.3 is 6.09 Å². The summed E-state index contributed by atoms with van der Waals surface area (Å²) in [6.07, 6.45) is 0.0255. The molecule has 0 spiro atoms. The summed E-state index contributed by atoms with van der Waals surface area (Å²) in [6, 6.07) is -0.445. The highest BCUT2D eigenvalue weighted by Crippen LogP contribution is 2.39. The van der Waals surface area contributed by atoms with Gasteiger partial charge in [0.15, 0.2) is 14.1 Å². The zero-order valence-corrected chi connectivity index (χ0v) is 17.1. The second-order valence-electron chi connectivity index (χ2n) is 9.00. The van der Waals surface area contributed by atoms with Crippen LogP contribution in [0.25, 0.3) is 0 Å². The van der Waals surface area contributed by atoms with E-state index in [1.165, 1.54) is 11.8 Å². The maximum atomic E-state index is 12.4. The molecule has 1 aliphatic heterocycles. The molecular weight excluding hydrogens is 310 g/mol. The highest BCUT2D eigenvalue weighted by atomic mass is 28.4. The number of nitrogens with zero attached hydrogens (tertiary/aromatic N) is 1. The summed E-state index contributed by atoms with van der Waals surface area (Å²) in [5, 5.41) is 0.0953. The van der Waals surface area contributed by atoms with E-state index in [0.29, 0.717) is 13.0 Å². The molecule has 0 N–H and O–H groups in total. The molecule has 0 aromatic heterocycles. The Balaban J connectivity index is 2.87. The Bertz CT molecular complexity index is 462. The molecule has 0 aromatic rings. The summed E-state index contributed by atoms with van der Waals surface area (Å²) in [5.41, 5.74) is -0.573. The van der Waals surface area contributed by atoms with E-state index in [1.54, 1.807) is 0 Å². The third-order valence-electron chi connectivity index (χ3n) is 4.63. The van der Waals surface area contributed by atoms with E-state index < -0.39 is 26.1 Å². The Hall–Kier alpha value is -0.883. The average molecular weight is 344 g/mol. The standard InChI is InChI=1S/C17H33NO4Si/c1-12(19)14-10-13(22-23(8,9)17(5,6)7)11-18(14)15(20)21-16(2,3)4/h13-14H,10-11H2,1-9H3/t13-,14+/m1/s1. The highest BCUT2D eigenvalue weighted by molar-refractivity contribution is 6.74. The quantitative estimate of drug-likeness (QED) is 0.727. The van der Waals surface area contributed by atoms with Crippen molar-refractivity contribution < 1.29 is 18.8 Å². The van der Waals surface area contributed by atoms with E-state index in [4.69, 9.17) is 9.16 Å². The van der Waals surface area contributed by atoms with Crippen LogP contribution >= 0.6 is 0 Å². The molecule has 134 valence electrons. The van der Waals surface area contributed by atoms with Crippen molar-refractivity contribution in [3.05, 3.63) is 0 Å². The summed E-state index contributed by atoms with van der Waals surface area (Å²) in [7, 11) is -1.94. The van der Waals surface area contributed by atoms with E-state index in [1.807, 2.05) is 20.8 Å². The second-order valence-corrected chi connectivity index (χ2v) is 13.8. The van der Waals surface area contributed by atoms with Crippen LogP contribution < -0.4 is 0 Å². The number of ether oxygens (including phenoxy) is 1. The first-order valence-corrected chi connectivity index (χ1v) is 11.2. The lowest BCUT2D eigenvalue weighted by Crippen LogP contribution is -2.45. The van der Waals surface area contributed by atoms with Crippen molar-refractivity contribution in [1.82, 2.24) is 4.90 Å². The van der Waals surface area contributed by atoms with Crippen molar-refractivity contribution in [3.8, 4) is 0 Å². The van der Waals surface area contributed by atoms with E-state index in [9.17, 15) is 9.59 Å². The molecule has 5 nitrogen and oxygen atoms in total. The topological polar surface area (TPSA) is 55.8 Å². The molecule has 1 heterocycles. The SMILES string of the molecule is CC(=O)[C@@H]1C[C@@H](O[Si](C)(C)C(C)(C)C)CN1C(=O)OC(C)(C)C. The van der Waals surface area contributed by atoms with E-state index in [2.05, 4.69) is 33.9 Å². The summed E-state index contributed by atoms with van der Waals surface area (Å²) in [5.74, 6) is -0.0165. The van der Waals surface area contributed by atoms with E-state index in [0.717, 1.165) is 0 Å². The van der Waals surface area contributed by atoms with Gasteiger partial charge in [0.2, 0.25) is 0 Å². The van der Waals surface area contributed by atoms with Gasteiger partial charge in [-0.15, -0.1) is 0 Å². The Kier molecular flexibility index (Phi) is 5.74. The fourth-order valence-electron chi connectivity index (χ4n) is 2.38. The lowest BCUT2D eigenvalue weighted by Gasteiger charge is -2.38. The number of rotatable bonds is 3. The molecule has 0 unspecified atom stereocenters. The van der Waals surface area contributed by atoms with Crippen LogP contribution in [0.2, 0.25) is 18.1 Å². The van der Waals surface area contributed by atoms with Crippen LogP contribution in [0, 0.1) is 0 Å². The molecule has 0 aromatic carbocycles. The average Bonchev–Trinajstić information content (AvgIpc) is 2.68. The first-order valence-electron chi connectivity index (χ1n) is 8.32. The number of likely N-dealkylation sites (tertiary alicyclic amines) is 1. The van der Waals surface area contributed by atoms with Gasteiger partial charge in [0.25, 0.3) is 0 Å². The predicted molar refractivity (Wildman–Crippen MR) is 94.1 cm³/mol. The number of carbonyl (C=O) groups is 2. The largest absolute Gasteiger partial charge is 0.444 e. The normalized spacial score (nSPS) is 23.1. The molecule has 2 atom stereocenters. The molecule has 1 amide bonds. The molecule has 1 aliphatic rings. The predicted octanol–water partition coefficient (Wildman–Crippen LogP) is 3.98. The summed E-state index contributed by atoms with van der Waals surface area (Å²) < 4.78 is 11.8. The minimum absolute atomic E-state index is 0.0165. The van der Waals surface area contributed by atoms with Crippen molar-refractivity contribution in [1.29, 1.82) is 0 Å². The molecular formula is C17H33NO4Si.